The summed E-state index contributed by atoms with van der Waals surface area (Å²) in [5.41, 5.74) is 1.25. The van der Waals surface area contributed by atoms with Crippen molar-refractivity contribution in [1.82, 2.24) is 15.1 Å². The van der Waals surface area contributed by atoms with Crippen molar-refractivity contribution < 1.29 is 0 Å². The van der Waals surface area contributed by atoms with Gasteiger partial charge in [-0.25, -0.2) is 0 Å². The summed E-state index contributed by atoms with van der Waals surface area (Å²) in [7, 11) is 0. The van der Waals surface area contributed by atoms with Crippen molar-refractivity contribution in [1.29, 1.82) is 0 Å². The monoisotopic (exact) mass is 221 g/mol. The van der Waals surface area contributed by atoms with Gasteiger partial charge in [0.25, 0.3) is 0 Å². The Morgan fingerprint density at radius 2 is 2.38 bits per heavy atom. The van der Waals surface area contributed by atoms with E-state index in [0.717, 1.165) is 25.0 Å². The lowest BCUT2D eigenvalue weighted by Gasteiger charge is -2.11. The first kappa shape index (κ1) is 11.6. The summed E-state index contributed by atoms with van der Waals surface area (Å²) >= 11 is 0. The number of hydrogen-bond donors (Lipinski definition) is 1. The first-order valence-electron chi connectivity index (χ1n) is 6.46. The zero-order valence-corrected chi connectivity index (χ0v) is 10.4. The molecule has 2 unspecified atom stereocenters. The molecule has 0 radical (unpaired) electrons. The van der Waals surface area contributed by atoms with Crippen molar-refractivity contribution in [3.05, 3.63) is 18.0 Å². The van der Waals surface area contributed by atoms with Crippen LogP contribution < -0.4 is 5.32 Å². The highest BCUT2D eigenvalue weighted by Gasteiger charge is 2.19. The molecule has 1 aromatic heterocycles. The molecule has 1 aliphatic rings. The van der Waals surface area contributed by atoms with Crippen molar-refractivity contribution >= 4 is 0 Å². The van der Waals surface area contributed by atoms with Crippen LogP contribution in [0.3, 0.4) is 0 Å². The SMILES string of the molecule is Cc1cnn(CCCNC2CCC(C)C2)c1. The maximum Gasteiger partial charge on any atom is 0.0518 e. The van der Waals surface area contributed by atoms with E-state index in [1.807, 2.05) is 10.9 Å². The molecule has 1 aromatic rings. The van der Waals surface area contributed by atoms with Gasteiger partial charge in [-0.05, 0) is 50.6 Å². The Morgan fingerprint density at radius 3 is 3.00 bits per heavy atom. The fourth-order valence-corrected chi connectivity index (χ4v) is 2.53. The van der Waals surface area contributed by atoms with Crippen LogP contribution in [0.2, 0.25) is 0 Å². The molecular formula is C13H23N3. The quantitative estimate of drug-likeness (QED) is 0.774. The molecule has 0 bridgehead atoms. The molecule has 1 aliphatic carbocycles. The van der Waals surface area contributed by atoms with Crippen molar-refractivity contribution in [3.8, 4) is 0 Å². The Bertz CT molecular complexity index is 319. The van der Waals surface area contributed by atoms with Gasteiger partial charge in [-0.1, -0.05) is 6.92 Å². The van der Waals surface area contributed by atoms with Gasteiger partial charge in [0.15, 0.2) is 0 Å². The molecule has 0 aromatic carbocycles. The van der Waals surface area contributed by atoms with E-state index < -0.39 is 0 Å². The summed E-state index contributed by atoms with van der Waals surface area (Å²) in [6.45, 7) is 6.59. The van der Waals surface area contributed by atoms with Crippen LogP contribution >= 0.6 is 0 Å². The average Bonchev–Trinajstić information content (AvgIpc) is 2.83. The van der Waals surface area contributed by atoms with Gasteiger partial charge in [0.2, 0.25) is 0 Å². The minimum atomic E-state index is 0.773. The number of hydrogen-bond acceptors (Lipinski definition) is 2. The molecule has 1 heterocycles. The molecule has 16 heavy (non-hydrogen) atoms. The van der Waals surface area contributed by atoms with E-state index in [0.29, 0.717) is 0 Å². The van der Waals surface area contributed by atoms with Crippen LogP contribution in [0.4, 0.5) is 0 Å². The van der Waals surface area contributed by atoms with E-state index in [9.17, 15) is 0 Å². The summed E-state index contributed by atoms with van der Waals surface area (Å²) in [5, 5.41) is 7.93. The average molecular weight is 221 g/mol. The second kappa shape index (κ2) is 5.48. The highest BCUT2D eigenvalue weighted by atomic mass is 15.3. The van der Waals surface area contributed by atoms with Crippen LogP contribution in [-0.2, 0) is 6.54 Å². The summed E-state index contributed by atoms with van der Waals surface area (Å²) in [6.07, 6.45) is 9.33. The number of nitrogens with one attached hydrogen (secondary N) is 1. The molecule has 1 fully saturated rings. The predicted molar refractivity (Wildman–Crippen MR) is 66.4 cm³/mol. The molecular weight excluding hydrogens is 198 g/mol. The van der Waals surface area contributed by atoms with Crippen molar-refractivity contribution in [2.24, 2.45) is 5.92 Å². The Hall–Kier alpha value is -0.830. The lowest BCUT2D eigenvalue weighted by molar-refractivity contribution is 0.472. The third kappa shape index (κ3) is 3.34. The largest absolute Gasteiger partial charge is 0.314 e. The molecule has 3 heteroatoms. The molecule has 3 nitrogen and oxygen atoms in total. The predicted octanol–water partition coefficient (Wildman–Crippen LogP) is 2.36. The maximum absolute atomic E-state index is 4.29. The smallest absolute Gasteiger partial charge is 0.0518 e. The highest BCUT2D eigenvalue weighted by Crippen LogP contribution is 2.24. The molecule has 1 N–H and O–H groups in total. The Labute approximate surface area is 98.2 Å². The van der Waals surface area contributed by atoms with E-state index in [1.54, 1.807) is 0 Å². The summed E-state index contributed by atoms with van der Waals surface area (Å²) in [6, 6.07) is 0.773. The standard InChI is InChI=1S/C13H23N3/c1-11-4-5-13(8-11)14-6-3-7-16-10-12(2)9-15-16/h9-11,13-14H,3-8H2,1-2H3. The lowest BCUT2D eigenvalue weighted by Crippen LogP contribution is -2.28. The van der Waals surface area contributed by atoms with Crippen molar-refractivity contribution in [2.75, 3.05) is 6.54 Å². The van der Waals surface area contributed by atoms with Crippen molar-refractivity contribution in [2.45, 2.75) is 52.1 Å². The number of aryl methyl sites for hydroxylation is 2. The molecule has 0 spiro atoms. The molecule has 90 valence electrons. The third-order valence-electron chi connectivity index (χ3n) is 3.45. The van der Waals surface area contributed by atoms with E-state index in [4.69, 9.17) is 0 Å². The number of aromatic nitrogens is 2. The van der Waals surface area contributed by atoms with E-state index in [-0.39, 0.29) is 0 Å². The van der Waals surface area contributed by atoms with Gasteiger partial charge >= 0.3 is 0 Å². The summed E-state index contributed by atoms with van der Waals surface area (Å²) in [4.78, 5) is 0. The van der Waals surface area contributed by atoms with E-state index >= 15 is 0 Å². The first-order valence-corrected chi connectivity index (χ1v) is 6.46. The second-order valence-electron chi connectivity index (χ2n) is 5.20. The molecule has 2 atom stereocenters. The Kier molecular flexibility index (Phi) is 3.99. The molecule has 2 rings (SSSR count). The Morgan fingerprint density at radius 1 is 1.50 bits per heavy atom. The minimum Gasteiger partial charge on any atom is -0.314 e. The molecule has 0 saturated heterocycles. The van der Waals surface area contributed by atoms with E-state index in [2.05, 4.69) is 30.5 Å². The van der Waals surface area contributed by atoms with Crippen LogP contribution in [0.25, 0.3) is 0 Å². The summed E-state index contributed by atoms with van der Waals surface area (Å²) in [5.74, 6) is 0.922. The van der Waals surface area contributed by atoms with Gasteiger partial charge in [0, 0.05) is 18.8 Å². The van der Waals surface area contributed by atoms with Crippen molar-refractivity contribution in [3.63, 3.8) is 0 Å². The molecule has 0 aliphatic heterocycles. The molecule has 1 saturated carbocycles. The zero-order chi connectivity index (χ0) is 11.4. The van der Waals surface area contributed by atoms with Crippen LogP contribution in [0.5, 0.6) is 0 Å². The van der Waals surface area contributed by atoms with Gasteiger partial charge in [0.05, 0.1) is 6.20 Å². The summed E-state index contributed by atoms with van der Waals surface area (Å²) < 4.78 is 2.04. The lowest BCUT2D eigenvalue weighted by atomic mass is 10.1. The minimum absolute atomic E-state index is 0.773. The molecule has 0 amide bonds. The van der Waals surface area contributed by atoms with Crippen LogP contribution in [-0.4, -0.2) is 22.4 Å². The van der Waals surface area contributed by atoms with Gasteiger partial charge in [-0.3, -0.25) is 4.68 Å². The highest BCUT2D eigenvalue weighted by molar-refractivity contribution is 4.99. The zero-order valence-electron chi connectivity index (χ0n) is 10.4. The van der Waals surface area contributed by atoms with Gasteiger partial charge in [0.1, 0.15) is 0 Å². The first-order chi connectivity index (χ1) is 7.74. The topological polar surface area (TPSA) is 29.9 Å². The maximum atomic E-state index is 4.29. The van der Waals surface area contributed by atoms with Crippen LogP contribution in [0.1, 0.15) is 38.2 Å². The fourth-order valence-electron chi connectivity index (χ4n) is 2.53. The Balaban J connectivity index is 1.58. The van der Waals surface area contributed by atoms with Gasteiger partial charge < -0.3 is 5.32 Å². The second-order valence-corrected chi connectivity index (χ2v) is 5.20. The number of rotatable bonds is 5. The van der Waals surface area contributed by atoms with Crippen LogP contribution in [0.15, 0.2) is 12.4 Å². The number of nitrogens with zero attached hydrogens (tertiary/aromatic N) is 2. The van der Waals surface area contributed by atoms with Gasteiger partial charge in [-0.2, -0.15) is 5.10 Å². The van der Waals surface area contributed by atoms with Crippen LogP contribution in [0, 0.1) is 12.8 Å². The third-order valence-corrected chi connectivity index (χ3v) is 3.45. The fraction of sp³-hybridized carbons (Fsp3) is 0.769. The van der Waals surface area contributed by atoms with Gasteiger partial charge in [-0.15, -0.1) is 0 Å². The van der Waals surface area contributed by atoms with E-state index in [1.165, 1.54) is 31.2 Å². The normalized spacial score (nSPS) is 25.1.